The van der Waals surface area contributed by atoms with Gasteiger partial charge in [0.2, 0.25) is 0 Å². The van der Waals surface area contributed by atoms with Crippen LogP contribution in [0.4, 0.5) is 18.9 Å². The second kappa shape index (κ2) is 7.22. The summed E-state index contributed by atoms with van der Waals surface area (Å²) in [5.74, 6) is -0.441. The average molecular weight is 451 g/mol. The topological polar surface area (TPSA) is 34.0 Å². The van der Waals surface area contributed by atoms with Crippen LogP contribution in [0, 0.1) is 13.8 Å². The van der Waals surface area contributed by atoms with Crippen LogP contribution in [0.1, 0.15) is 28.1 Å². The second-order valence-electron chi connectivity index (χ2n) is 7.03. The number of anilines is 1. The molecule has 8 heteroatoms. The van der Waals surface area contributed by atoms with E-state index in [2.05, 4.69) is 5.32 Å². The quantitative estimate of drug-likeness (QED) is 0.422. The number of hydrogen-bond acceptors (Lipinski definition) is 1. The SMILES string of the molecule is Cc1cc(/C=C2\C(=O)Nc3cc(C(F)(F)F)ccc32)c(C)n1-c1ccc(Cl)c(Cl)c1. The van der Waals surface area contributed by atoms with Crippen molar-refractivity contribution < 1.29 is 18.0 Å². The molecular weight excluding hydrogens is 436 g/mol. The Bertz CT molecular complexity index is 1230. The molecule has 1 aliphatic heterocycles. The molecule has 0 unspecified atom stereocenters. The Morgan fingerprint density at radius 3 is 2.40 bits per heavy atom. The fourth-order valence-corrected chi connectivity index (χ4v) is 3.92. The molecule has 0 saturated carbocycles. The monoisotopic (exact) mass is 450 g/mol. The van der Waals surface area contributed by atoms with Gasteiger partial charge >= 0.3 is 6.18 Å². The Hall–Kier alpha value is -2.70. The molecule has 3 nitrogen and oxygen atoms in total. The van der Waals surface area contributed by atoms with E-state index in [9.17, 15) is 18.0 Å². The molecule has 0 radical (unpaired) electrons. The zero-order chi connectivity index (χ0) is 21.8. The van der Waals surface area contributed by atoms with Crippen LogP contribution in [0.2, 0.25) is 10.0 Å². The number of rotatable bonds is 2. The van der Waals surface area contributed by atoms with Crippen LogP contribution in [0.3, 0.4) is 0 Å². The van der Waals surface area contributed by atoms with Crippen molar-refractivity contribution in [2.24, 2.45) is 0 Å². The Morgan fingerprint density at radius 1 is 1.00 bits per heavy atom. The van der Waals surface area contributed by atoms with Crippen molar-refractivity contribution in [1.82, 2.24) is 4.57 Å². The summed E-state index contributed by atoms with van der Waals surface area (Å²) in [5, 5.41) is 3.39. The highest BCUT2D eigenvalue weighted by Crippen LogP contribution is 2.39. The summed E-state index contributed by atoms with van der Waals surface area (Å²) in [6.07, 6.45) is -2.79. The van der Waals surface area contributed by atoms with Crippen molar-refractivity contribution in [3.8, 4) is 5.69 Å². The molecule has 0 fully saturated rings. The summed E-state index contributed by atoms with van der Waals surface area (Å²) in [7, 11) is 0. The van der Waals surface area contributed by atoms with E-state index in [-0.39, 0.29) is 5.69 Å². The van der Waals surface area contributed by atoms with Crippen LogP contribution >= 0.6 is 23.2 Å². The number of benzene rings is 2. The Morgan fingerprint density at radius 2 is 1.73 bits per heavy atom. The van der Waals surface area contributed by atoms with Gasteiger partial charge in [0.05, 0.1) is 15.6 Å². The van der Waals surface area contributed by atoms with E-state index in [1.54, 1.807) is 18.2 Å². The van der Waals surface area contributed by atoms with E-state index in [0.717, 1.165) is 34.8 Å². The number of carbonyl (C=O) groups excluding carboxylic acids is 1. The first-order valence-corrected chi connectivity index (χ1v) is 9.71. The first kappa shape index (κ1) is 20.6. The van der Waals surface area contributed by atoms with Gasteiger partial charge in [0.25, 0.3) is 5.91 Å². The van der Waals surface area contributed by atoms with Gasteiger partial charge in [-0.15, -0.1) is 0 Å². The summed E-state index contributed by atoms with van der Waals surface area (Å²) < 4.78 is 40.9. The zero-order valence-electron chi connectivity index (χ0n) is 15.9. The third kappa shape index (κ3) is 3.50. The largest absolute Gasteiger partial charge is 0.416 e. The minimum Gasteiger partial charge on any atom is -0.321 e. The molecule has 0 atom stereocenters. The summed E-state index contributed by atoms with van der Waals surface area (Å²) in [5.41, 5.74) is 3.45. The number of nitrogens with zero attached hydrogens (tertiary/aromatic N) is 1. The fourth-order valence-electron chi connectivity index (χ4n) is 3.62. The maximum Gasteiger partial charge on any atom is 0.416 e. The minimum atomic E-state index is -4.48. The van der Waals surface area contributed by atoms with Gasteiger partial charge in [-0.3, -0.25) is 4.79 Å². The molecule has 0 spiro atoms. The fraction of sp³-hybridized carbons (Fsp3) is 0.136. The zero-order valence-corrected chi connectivity index (χ0v) is 17.4. The molecule has 4 rings (SSSR count). The molecule has 0 bridgehead atoms. The van der Waals surface area contributed by atoms with Crippen molar-refractivity contribution in [2.75, 3.05) is 5.32 Å². The number of hydrogen-bond donors (Lipinski definition) is 1. The van der Waals surface area contributed by atoms with E-state index < -0.39 is 17.6 Å². The summed E-state index contributed by atoms with van der Waals surface area (Å²) in [6.45, 7) is 3.80. The molecule has 0 saturated heterocycles. The number of halogens is 5. The van der Waals surface area contributed by atoms with Gasteiger partial charge in [0.1, 0.15) is 0 Å². The number of amides is 1. The standard InChI is InChI=1S/C22H15Cl2F3N2O/c1-11-7-13(12(2)29(11)15-4-6-18(23)19(24)10-15)8-17-16-5-3-14(22(25,26)27)9-20(16)28-21(17)30/h3-10H,1-2H3,(H,28,30)/b17-8-. The van der Waals surface area contributed by atoms with Crippen LogP contribution in [0.25, 0.3) is 17.3 Å². The average Bonchev–Trinajstić information content (AvgIpc) is 3.12. The molecule has 3 aromatic rings. The highest BCUT2D eigenvalue weighted by molar-refractivity contribution is 6.42. The Kier molecular flexibility index (Phi) is 4.95. The number of aryl methyl sites for hydroxylation is 1. The lowest BCUT2D eigenvalue weighted by Gasteiger charge is -2.11. The van der Waals surface area contributed by atoms with E-state index in [1.807, 2.05) is 30.5 Å². The van der Waals surface area contributed by atoms with E-state index in [1.165, 1.54) is 6.07 Å². The lowest BCUT2D eigenvalue weighted by atomic mass is 10.0. The number of carbonyl (C=O) groups is 1. The number of fused-ring (bicyclic) bond motifs is 1. The Labute approximate surface area is 180 Å². The third-order valence-electron chi connectivity index (χ3n) is 5.06. The molecule has 154 valence electrons. The second-order valence-corrected chi connectivity index (χ2v) is 7.84. The normalized spacial score (nSPS) is 14.9. The van der Waals surface area contributed by atoms with Crippen molar-refractivity contribution in [2.45, 2.75) is 20.0 Å². The van der Waals surface area contributed by atoms with E-state index in [0.29, 0.717) is 21.2 Å². The predicted molar refractivity (Wildman–Crippen MR) is 113 cm³/mol. The van der Waals surface area contributed by atoms with Crippen LogP contribution < -0.4 is 5.32 Å². The van der Waals surface area contributed by atoms with Gasteiger partial charge in [-0.05, 0) is 61.9 Å². The maximum absolute atomic E-state index is 13.0. The third-order valence-corrected chi connectivity index (χ3v) is 5.80. The highest BCUT2D eigenvalue weighted by atomic mass is 35.5. The minimum absolute atomic E-state index is 0.152. The van der Waals surface area contributed by atoms with Crippen LogP contribution in [-0.4, -0.2) is 10.5 Å². The first-order valence-electron chi connectivity index (χ1n) is 8.95. The van der Waals surface area contributed by atoms with Crippen molar-refractivity contribution in [3.05, 3.63) is 80.6 Å². The lowest BCUT2D eigenvalue weighted by molar-refractivity contribution is -0.137. The van der Waals surface area contributed by atoms with Crippen LogP contribution in [0.5, 0.6) is 0 Å². The van der Waals surface area contributed by atoms with Gasteiger partial charge < -0.3 is 9.88 Å². The summed E-state index contributed by atoms with van der Waals surface area (Å²) in [6, 6.07) is 10.4. The predicted octanol–water partition coefficient (Wildman–Crippen LogP) is 6.91. The summed E-state index contributed by atoms with van der Waals surface area (Å²) in [4.78, 5) is 12.5. The number of nitrogens with one attached hydrogen (secondary N) is 1. The number of aromatic nitrogens is 1. The smallest absolute Gasteiger partial charge is 0.321 e. The maximum atomic E-state index is 13.0. The van der Waals surface area contributed by atoms with Crippen molar-refractivity contribution >= 4 is 46.4 Å². The highest BCUT2D eigenvalue weighted by Gasteiger charge is 2.33. The lowest BCUT2D eigenvalue weighted by Crippen LogP contribution is -2.06. The molecular formula is C22H15Cl2F3N2O. The summed E-state index contributed by atoms with van der Waals surface area (Å²) >= 11 is 12.1. The molecule has 1 N–H and O–H groups in total. The molecule has 1 aromatic heterocycles. The number of alkyl halides is 3. The van der Waals surface area contributed by atoms with Gasteiger partial charge in [-0.25, -0.2) is 0 Å². The molecule has 0 aliphatic carbocycles. The van der Waals surface area contributed by atoms with E-state index >= 15 is 0 Å². The van der Waals surface area contributed by atoms with Gasteiger partial charge in [0, 0.05) is 33.9 Å². The molecule has 2 heterocycles. The van der Waals surface area contributed by atoms with Crippen molar-refractivity contribution in [3.63, 3.8) is 0 Å². The van der Waals surface area contributed by atoms with Gasteiger partial charge in [-0.1, -0.05) is 29.3 Å². The Balaban J connectivity index is 1.78. The van der Waals surface area contributed by atoms with Crippen molar-refractivity contribution in [1.29, 1.82) is 0 Å². The molecule has 1 aliphatic rings. The van der Waals surface area contributed by atoms with Gasteiger partial charge in [-0.2, -0.15) is 13.2 Å². The molecule has 2 aromatic carbocycles. The van der Waals surface area contributed by atoms with Crippen LogP contribution in [-0.2, 0) is 11.0 Å². The van der Waals surface area contributed by atoms with Crippen LogP contribution in [0.15, 0.2) is 42.5 Å². The first-order chi connectivity index (χ1) is 14.1. The van der Waals surface area contributed by atoms with E-state index in [4.69, 9.17) is 23.2 Å². The molecule has 1 amide bonds. The molecule has 30 heavy (non-hydrogen) atoms. The van der Waals surface area contributed by atoms with Gasteiger partial charge in [0.15, 0.2) is 0 Å².